The maximum atomic E-state index is 12.5. The van der Waals surface area contributed by atoms with Gasteiger partial charge in [-0.3, -0.25) is 10.2 Å². The molecule has 1 aromatic heterocycles. The van der Waals surface area contributed by atoms with E-state index in [-0.39, 0.29) is 11.1 Å². The number of carbonyl (C=O) groups is 1. The van der Waals surface area contributed by atoms with Crippen molar-refractivity contribution in [3.63, 3.8) is 0 Å². The molecule has 1 fully saturated rings. The van der Waals surface area contributed by atoms with E-state index in [0.29, 0.717) is 10.0 Å². The van der Waals surface area contributed by atoms with Crippen LogP contribution in [0.2, 0.25) is 0 Å². The average Bonchev–Trinajstić information content (AvgIpc) is 3.19. The van der Waals surface area contributed by atoms with Crippen LogP contribution in [0.3, 0.4) is 0 Å². The maximum absolute atomic E-state index is 12.5. The molecule has 2 heterocycles. The molecule has 1 amide bonds. The first kappa shape index (κ1) is 16.7. The summed E-state index contributed by atoms with van der Waals surface area (Å²) < 4.78 is 0. The van der Waals surface area contributed by atoms with Gasteiger partial charge in [-0.2, -0.15) is 0 Å². The van der Waals surface area contributed by atoms with E-state index < -0.39 is 0 Å². The predicted octanol–water partition coefficient (Wildman–Crippen LogP) is 4.04. The van der Waals surface area contributed by atoms with Gasteiger partial charge in [0.25, 0.3) is 5.91 Å². The van der Waals surface area contributed by atoms with Crippen LogP contribution in [-0.2, 0) is 4.79 Å². The zero-order valence-electron chi connectivity index (χ0n) is 13.5. The second kappa shape index (κ2) is 7.19. The number of aromatic nitrogens is 1. The summed E-state index contributed by atoms with van der Waals surface area (Å²) in [6.07, 6.45) is 3.47. The van der Waals surface area contributed by atoms with Crippen molar-refractivity contribution in [1.29, 1.82) is 5.41 Å². The second-order valence-electron chi connectivity index (χ2n) is 5.13. The minimum absolute atomic E-state index is 0.187. The molecule has 0 atom stereocenters. The Morgan fingerprint density at radius 2 is 1.96 bits per heavy atom. The van der Waals surface area contributed by atoms with Gasteiger partial charge < -0.3 is 4.90 Å². The monoisotopic (exact) mass is 358 g/mol. The molecule has 1 N–H and O–H groups in total. The normalized spacial score (nSPS) is 16.2. The van der Waals surface area contributed by atoms with E-state index in [4.69, 9.17) is 5.41 Å². The Kier molecular flexibility index (Phi) is 5.01. The minimum atomic E-state index is -0.187. The van der Waals surface area contributed by atoms with Gasteiger partial charge in [0.05, 0.1) is 4.91 Å². The Morgan fingerprint density at radius 1 is 1.25 bits per heavy atom. The van der Waals surface area contributed by atoms with Crippen LogP contribution in [0.15, 0.2) is 40.7 Å². The standard InChI is InChI=1S/C17H18N4OS2/c1-3-20(4-2)13-7-5-12(6-8-13)11-14-15(22)21(16(18)24-14)17-19-9-10-23-17/h5-11,18H,3-4H2,1-2H3. The Morgan fingerprint density at radius 3 is 2.54 bits per heavy atom. The highest BCUT2D eigenvalue weighted by atomic mass is 32.2. The SMILES string of the molecule is CCN(CC)c1ccc(C=C2SC(=N)N(c3nccs3)C2=O)cc1. The lowest BCUT2D eigenvalue weighted by atomic mass is 10.1. The second-order valence-corrected chi connectivity index (χ2v) is 7.04. The Hall–Kier alpha value is -2.12. The number of hydrogen-bond donors (Lipinski definition) is 1. The van der Waals surface area contributed by atoms with Crippen LogP contribution in [0.4, 0.5) is 10.8 Å². The van der Waals surface area contributed by atoms with Gasteiger partial charge in [-0.1, -0.05) is 12.1 Å². The molecule has 0 spiro atoms. The van der Waals surface area contributed by atoms with Crippen LogP contribution < -0.4 is 9.80 Å². The van der Waals surface area contributed by atoms with Crippen LogP contribution >= 0.6 is 23.1 Å². The number of hydrogen-bond acceptors (Lipinski definition) is 6. The summed E-state index contributed by atoms with van der Waals surface area (Å²) in [7, 11) is 0. The lowest BCUT2D eigenvalue weighted by molar-refractivity contribution is -0.113. The van der Waals surface area contributed by atoms with Crippen LogP contribution in [0.5, 0.6) is 0 Å². The number of anilines is 2. The van der Waals surface area contributed by atoms with E-state index in [2.05, 4.69) is 35.9 Å². The van der Waals surface area contributed by atoms with Gasteiger partial charge in [0.15, 0.2) is 10.3 Å². The Bertz CT molecular complexity index is 764. The van der Waals surface area contributed by atoms with Crippen LogP contribution in [0, 0.1) is 5.41 Å². The third-order valence-electron chi connectivity index (χ3n) is 3.75. The van der Waals surface area contributed by atoms with E-state index in [0.717, 1.165) is 18.7 Å². The molecule has 1 aliphatic heterocycles. The van der Waals surface area contributed by atoms with E-state index in [1.165, 1.54) is 33.7 Å². The molecule has 7 heteroatoms. The largest absolute Gasteiger partial charge is 0.372 e. The number of amides is 1. The van der Waals surface area contributed by atoms with E-state index in [9.17, 15) is 4.79 Å². The van der Waals surface area contributed by atoms with Crippen molar-refractivity contribution in [3.05, 3.63) is 46.3 Å². The number of thioether (sulfide) groups is 1. The maximum Gasteiger partial charge on any atom is 0.273 e. The summed E-state index contributed by atoms with van der Waals surface area (Å²) in [5.74, 6) is -0.187. The van der Waals surface area contributed by atoms with Gasteiger partial charge in [0.1, 0.15) is 0 Å². The number of benzene rings is 1. The fourth-order valence-corrected chi connectivity index (χ4v) is 4.05. The summed E-state index contributed by atoms with van der Waals surface area (Å²) in [5.41, 5.74) is 2.13. The molecule has 1 saturated heterocycles. The predicted molar refractivity (Wildman–Crippen MR) is 103 cm³/mol. The average molecular weight is 358 g/mol. The Balaban J connectivity index is 1.82. The number of carbonyl (C=O) groups excluding carboxylic acids is 1. The quantitative estimate of drug-likeness (QED) is 0.819. The number of rotatable bonds is 5. The minimum Gasteiger partial charge on any atom is -0.372 e. The first-order valence-electron chi connectivity index (χ1n) is 7.71. The first-order chi connectivity index (χ1) is 11.6. The summed E-state index contributed by atoms with van der Waals surface area (Å²) in [6, 6.07) is 8.13. The molecule has 0 radical (unpaired) electrons. The van der Waals surface area contributed by atoms with Crippen molar-refractivity contribution in [2.45, 2.75) is 13.8 Å². The molecule has 0 saturated carbocycles. The van der Waals surface area contributed by atoms with Crippen molar-refractivity contribution in [3.8, 4) is 0 Å². The van der Waals surface area contributed by atoms with Gasteiger partial charge in [-0.15, -0.1) is 11.3 Å². The summed E-state index contributed by atoms with van der Waals surface area (Å²) in [4.78, 5) is 20.8. The third-order valence-corrected chi connectivity index (χ3v) is 5.40. The zero-order valence-corrected chi connectivity index (χ0v) is 15.2. The number of amidine groups is 1. The lowest BCUT2D eigenvalue weighted by Crippen LogP contribution is -2.27. The fourth-order valence-electron chi connectivity index (χ4n) is 2.51. The van der Waals surface area contributed by atoms with Crippen molar-refractivity contribution in [2.75, 3.05) is 22.9 Å². The highest BCUT2D eigenvalue weighted by Crippen LogP contribution is 2.35. The molecule has 124 valence electrons. The summed E-state index contributed by atoms with van der Waals surface area (Å²) in [6.45, 7) is 6.19. The number of thiazole rings is 1. The number of nitrogens with one attached hydrogen (secondary N) is 1. The topological polar surface area (TPSA) is 60.3 Å². The molecule has 0 unspecified atom stereocenters. The van der Waals surface area contributed by atoms with Crippen molar-refractivity contribution in [1.82, 2.24) is 4.98 Å². The summed E-state index contributed by atoms with van der Waals surface area (Å²) in [5, 5.41) is 10.6. The van der Waals surface area contributed by atoms with Gasteiger partial charge >= 0.3 is 0 Å². The highest BCUT2D eigenvalue weighted by molar-refractivity contribution is 8.19. The van der Waals surface area contributed by atoms with Crippen LogP contribution in [-0.4, -0.2) is 29.1 Å². The van der Waals surface area contributed by atoms with Crippen molar-refractivity contribution in [2.24, 2.45) is 0 Å². The molecule has 2 aromatic rings. The van der Waals surface area contributed by atoms with Gasteiger partial charge in [0.2, 0.25) is 0 Å². The molecule has 0 aliphatic carbocycles. The van der Waals surface area contributed by atoms with Crippen LogP contribution in [0.25, 0.3) is 6.08 Å². The van der Waals surface area contributed by atoms with Gasteiger partial charge in [-0.25, -0.2) is 9.88 Å². The molecule has 5 nitrogen and oxygen atoms in total. The highest BCUT2D eigenvalue weighted by Gasteiger charge is 2.34. The number of nitrogens with zero attached hydrogens (tertiary/aromatic N) is 3. The van der Waals surface area contributed by atoms with Gasteiger partial charge in [0, 0.05) is 30.4 Å². The summed E-state index contributed by atoms with van der Waals surface area (Å²) >= 11 is 2.52. The Labute approximate surface area is 149 Å². The third kappa shape index (κ3) is 3.22. The molecular weight excluding hydrogens is 340 g/mol. The molecule has 24 heavy (non-hydrogen) atoms. The molecule has 3 rings (SSSR count). The van der Waals surface area contributed by atoms with E-state index in [1.807, 2.05) is 18.2 Å². The van der Waals surface area contributed by atoms with Crippen molar-refractivity contribution >= 4 is 51.1 Å². The molecule has 0 bridgehead atoms. The molecule has 1 aliphatic rings. The van der Waals surface area contributed by atoms with Crippen molar-refractivity contribution < 1.29 is 4.79 Å². The van der Waals surface area contributed by atoms with E-state index >= 15 is 0 Å². The molecular formula is C17H18N4OS2. The first-order valence-corrected chi connectivity index (χ1v) is 9.40. The van der Waals surface area contributed by atoms with E-state index in [1.54, 1.807) is 11.6 Å². The smallest absolute Gasteiger partial charge is 0.273 e. The zero-order chi connectivity index (χ0) is 17.1. The van der Waals surface area contributed by atoms with Gasteiger partial charge in [-0.05, 0) is 49.4 Å². The molecule has 1 aromatic carbocycles. The fraction of sp³-hybridized carbons (Fsp3) is 0.235. The van der Waals surface area contributed by atoms with Crippen LogP contribution in [0.1, 0.15) is 19.4 Å². The lowest BCUT2D eigenvalue weighted by Gasteiger charge is -2.20.